The standard InChI is InChI=1S/C27H35FN6O4S/c1-16-13-20(17(2)31-26(35)38-27(3,4)5)21-14-18(7-8-23(21)30-16)24-22(28)15-29-25(33-24)32-19-9-11-34(12-10-19)39(6,36)37/h7-8,13-15,17,19H,9-12H2,1-6H3,(H,31,35)(H,29,32,33). The highest BCUT2D eigenvalue weighted by molar-refractivity contribution is 7.88. The van der Waals surface area contributed by atoms with Crippen LogP contribution in [0.1, 0.15) is 57.8 Å². The van der Waals surface area contributed by atoms with Crippen molar-refractivity contribution >= 4 is 33.0 Å². The predicted octanol–water partition coefficient (Wildman–Crippen LogP) is 4.56. The van der Waals surface area contributed by atoms with Crippen LogP contribution in [-0.2, 0) is 14.8 Å². The summed E-state index contributed by atoms with van der Waals surface area (Å²) in [6.45, 7) is 9.93. The number of nitrogens with zero attached hydrogens (tertiary/aromatic N) is 4. The van der Waals surface area contributed by atoms with E-state index in [1.165, 1.54) is 10.6 Å². The third-order valence-corrected chi connectivity index (χ3v) is 7.75. The Morgan fingerprint density at radius 3 is 2.51 bits per heavy atom. The average Bonchev–Trinajstić information content (AvgIpc) is 2.83. The van der Waals surface area contributed by atoms with Crippen molar-refractivity contribution in [2.45, 2.75) is 65.1 Å². The lowest BCUT2D eigenvalue weighted by Gasteiger charge is -2.30. The Balaban J connectivity index is 1.60. The van der Waals surface area contributed by atoms with Gasteiger partial charge in [-0.1, -0.05) is 6.07 Å². The molecule has 1 amide bonds. The summed E-state index contributed by atoms with van der Waals surface area (Å²) in [5.41, 5.74) is 2.34. The zero-order valence-electron chi connectivity index (χ0n) is 23.1. The van der Waals surface area contributed by atoms with Crippen molar-refractivity contribution in [1.29, 1.82) is 0 Å². The van der Waals surface area contributed by atoms with E-state index in [0.29, 0.717) is 37.0 Å². The molecule has 4 rings (SSSR count). The summed E-state index contributed by atoms with van der Waals surface area (Å²) < 4.78 is 45.4. The topological polar surface area (TPSA) is 126 Å². The molecule has 1 saturated heterocycles. The maximum atomic E-state index is 15.0. The quantitative estimate of drug-likeness (QED) is 0.451. The zero-order valence-corrected chi connectivity index (χ0v) is 23.9. The molecular formula is C27H35FN6O4S. The first-order valence-corrected chi connectivity index (χ1v) is 14.7. The fraction of sp³-hybridized carbons (Fsp3) is 0.481. The number of aromatic nitrogens is 3. The van der Waals surface area contributed by atoms with Crippen LogP contribution in [0.4, 0.5) is 15.1 Å². The van der Waals surface area contributed by atoms with Crippen molar-refractivity contribution in [2.24, 2.45) is 0 Å². The molecular weight excluding hydrogens is 523 g/mol. The van der Waals surface area contributed by atoms with Gasteiger partial charge in [0.15, 0.2) is 5.82 Å². The molecule has 1 unspecified atom stereocenters. The normalized spacial score (nSPS) is 16.2. The number of carbonyl (C=O) groups excluding carboxylic acids is 1. The third kappa shape index (κ3) is 7.18. The molecule has 3 heterocycles. The highest BCUT2D eigenvalue weighted by Crippen LogP contribution is 2.30. The Kier molecular flexibility index (Phi) is 8.08. The van der Waals surface area contributed by atoms with Crippen LogP contribution in [-0.4, -0.2) is 64.8 Å². The highest BCUT2D eigenvalue weighted by Gasteiger charge is 2.26. The first-order valence-electron chi connectivity index (χ1n) is 12.8. The number of ether oxygens (including phenoxy) is 1. The second-order valence-electron chi connectivity index (χ2n) is 10.9. The maximum absolute atomic E-state index is 15.0. The summed E-state index contributed by atoms with van der Waals surface area (Å²) in [6.07, 6.45) is 2.98. The lowest BCUT2D eigenvalue weighted by atomic mass is 9.99. The minimum Gasteiger partial charge on any atom is -0.444 e. The number of rotatable bonds is 6. The first-order chi connectivity index (χ1) is 18.2. The van der Waals surface area contributed by atoms with Crippen LogP contribution in [0.25, 0.3) is 22.2 Å². The second kappa shape index (κ2) is 11.0. The van der Waals surface area contributed by atoms with E-state index in [0.717, 1.165) is 22.8 Å². The summed E-state index contributed by atoms with van der Waals surface area (Å²) in [7, 11) is -3.23. The van der Waals surface area contributed by atoms with Gasteiger partial charge in [-0.15, -0.1) is 0 Å². The van der Waals surface area contributed by atoms with Crippen molar-refractivity contribution in [3.05, 3.63) is 47.5 Å². The van der Waals surface area contributed by atoms with Gasteiger partial charge in [0.1, 0.15) is 11.3 Å². The third-order valence-electron chi connectivity index (χ3n) is 6.44. The van der Waals surface area contributed by atoms with Crippen molar-refractivity contribution < 1.29 is 22.3 Å². The van der Waals surface area contributed by atoms with E-state index < -0.39 is 33.6 Å². The smallest absolute Gasteiger partial charge is 0.408 e. The SMILES string of the molecule is Cc1cc(C(C)NC(=O)OC(C)(C)C)c2cc(-c3nc(NC4CCN(S(C)(=O)=O)CC4)ncc3F)ccc2n1. The van der Waals surface area contributed by atoms with Gasteiger partial charge in [0.05, 0.1) is 24.0 Å². The monoisotopic (exact) mass is 558 g/mol. The van der Waals surface area contributed by atoms with Gasteiger partial charge in [0.2, 0.25) is 16.0 Å². The van der Waals surface area contributed by atoms with E-state index >= 15 is 0 Å². The summed E-state index contributed by atoms with van der Waals surface area (Å²) in [5.74, 6) is -0.306. The molecule has 1 aromatic carbocycles. The predicted molar refractivity (Wildman–Crippen MR) is 148 cm³/mol. The zero-order chi connectivity index (χ0) is 28.5. The molecule has 3 aromatic rings. The van der Waals surface area contributed by atoms with Crippen LogP contribution in [0.15, 0.2) is 30.5 Å². The van der Waals surface area contributed by atoms with Gasteiger partial charge in [0.25, 0.3) is 0 Å². The van der Waals surface area contributed by atoms with E-state index in [1.807, 2.05) is 26.0 Å². The van der Waals surface area contributed by atoms with Crippen LogP contribution < -0.4 is 10.6 Å². The lowest BCUT2D eigenvalue weighted by molar-refractivity contribution is 0.0508. The number of amides is 1. The summed E-state index contributed by atoms with van der Waals surface area (Å²) in [6, 6.07) is 6.83. The number of sulfonamides is 1. The number of carbonyl (C=O) groups is 1. The number of aryl methyl sites for hydroxylation is 1. The molecule has 12 heteroatoms. The molecule has 2 N–H and O–H groups in total. The largest absolute Gasteiger partial charge is 0.444 e. The number of hydrogen-bond donors (Lipinski definition) is 2. The lowest BCUT2D eigenvalue weighted by Crippen LogP contribution is -2.42. The van der Waals surface area contributed by atoms with Crippen molar-refractivity contribution in [3.8, 4) is 11.3 Å². The molecule has 0 saturated carbocycles. The molecule has 0 aliphatic carbocycles. The van der Waals surface area contributed by atoms with Crippen LogP contribution >= 0.6 is 0 Å². The first kappa shape index (κ1) is 28.6. The Morgan fingerprint density at radius 1 is 1.18 bits per heavy atom. The van der Waals surface area contributed by atoms with Crippen LogP contribution in [0.2, 0.25) is 0 Å². The van der Waals surface area contributed by atoms with Gasteiger partial charge >= 0.3 is 6.09 Å². The molecule has 0 bridgehead atoms. The number of hydrogen-bond acceptors (Lipinski definition) is 8. The second-order valence-corrected chi connectivity index (χ2v) is 12.9. The number of fused-ring (bicyclic) bond motifs is 1. The van der Waals surface area contributed by atoms with E-state index in [2.05, 4.69) is 25.6 Å². The number of nitrogens with one attached hydrogen (secondary N) is 2. The van der Waals surface area contributed by atoms with Gasteiger partial charge in [-0.2, -0.15) is 0 Å². The highest BCUT2D eigenvalue weighted by atomic mass is 32.2. The van der Waals surface area contributed by atoms with Crippen LogP contribution in [0, 0.1) is 12.7 Å². The molecule has 210 valence electrons. The van der Waals surface area contributed by atoms with E-state index in [4.69, 9.17) is 4.74 Å². The Labute approximate surface area is 228 Å². The van der Waals surface area contributed by atoms with E-state index in [-0.39, 0.29) is 17.7 Å². The molecule has 1 aliphatic heterocycles. The molecule has 0 spiro atoms. The van der Waals surface area contributed by atoms with Crippen molar-refractivity contribution in [1.82, 2.24) is 24.6 Å². The van der Waals surface area contributed by atoms with Gasteiger partial charge < -0.3 is 15.4 Å². The molecule has 1 aliphatic rings. The fourth-order valence-electron chi connectivity index (χ4n) is 4.61. The Hall–Kier alpha value is -3.38. The number of benzene rings is 1. The number of piperidine rings is 1. The number of anilines is 1. The van der Waals surface area contributed by atoms with Gasteiger partial charge in [-0.05, 0) is 71.2 Å². The maximum Gasteiger partial charge on any atom is 0.408 e. The van der Waals surface area contributed by atoms with Gasteiger partial charge in [0, 0.05) is 35.8 Å². The fourth-order valence-corrected chi connectivity index (χ4v) is 5.49. The average molecular weight is 559 g/mol. The van der Waals surface area contributed by atoms with Gasteiger partial charge in [-0.3, -0.25) is 4.98 Å². The molecule has 10 nitrogen and oxygen atoms in total. The number of pyridine rings is 1. The minimum absolute atomic E-state index is 0.0310. The summed E-state index contributed by atoms with van der Waals surface area (Å²) in [4.78, 5) is 25.6. The molecule has 2 aromatic heterocycles. The molecule has 1 fully saturated rings. The van der Waals surface area contributed by atoms with Gasteiger partial charge in [-0.25, -0.2) is 31.9 Å². The van der Waals surface area contributed by atoms with E-state index in [9.17, 15) is 17.6 Å². The molecule has 1 atom stereocenters. The Morgan fingerprint density at radius 2 is 1.87 bits per heavy atom. The number of halogens is 1. The van der Waals surface area contributed by atoms with Crippen molar-refractivity contribution in [3.63, 3.8) is 0 Å². The number of alkyl carbamates (subject to hydrolysis) is 1. The summed E-state index contributed by atoms with van der Waals surface area (Å²) >= 11 is 0. The summed E-state index contributed by atoms with van der Waals surface area (Å²) in [5, 5.41) is 6.84. The molecule has 0 radical (unpaired) electrons. The van der Waals surface area contributed by atoms with Crippen LogP contribution in [0.5, 0.6) is 0 Å². The molecule has 39 heavy (non-hydrogen) atoms. The van der Waals surface area contributed by atoms with Crippen molar-refractivity contribution in [2.75, 3.05) is 24.7 Å². The van der Waals surface area contributed by atoms with Crippen LogP contribution in [0.3, 0.4) is 0 Å². The van der Waals surface area contributed by atoms with E-state index in [1.54, 1.807) is 32.9 Å². The Bertz CT molecular complexity index is 1480. The minimum atomic E-state index is -3.23.